The van der Waals surface area contributed by atoms with Gasteiger partial charge < -0.3 is 26.4 Å². The average molecular weight is 569 g/mol. The summed E-state index contributed by atoms with van der Waals surface area (Å²) in [6.45, 7) is 14.8. The van der Waals surface area contributed by atoms with Gasteiger partial charge in [-0.3, -0.25) is 28.8 Å². The number of carbonyl (C=O) groups is 6. The van der Waals surface area contributed by atoms with Crippen molar-refractivity contribution in [3.8, 4) is 0 Å². The molecule has 0 aliphatic carbocycles. The Labute approximate surface area is 239 Å². The summed E-state index contributed by atoms with van der Waals surface area (Å²) < 4.78 is 5.90. The molecule has 0 aromatic heterocycles. The zero-order valence-corrected chi connectivity index (χ0v) is 25.7. The molecule has 230 valence electrons. The number of nitrogens with one attached hydrogen (secondary N) is 3. The maximum Gasteiger partial charge on any atom is 0.243 e. The van der Waals surface area contributed by atoms with Gasteiger partial charge >= 0.3 is 0 Å². The van der Waals surface area contributed by atoms with E-state index in [2.05, 4.69) is 16.0 Å². The van der Waals surface area contributed by atoms with E-state index in [1.165, 1.54) is 0 Å². The molecule has 11 nitrogen and oxygen atoms in total. The van der Waals surface area contributed by atoms with E-state index >= 15 is 0 Å². The van der Waals surface area contributed by atoms with Gasteiger partial charge in [-0.25, -0.2) is 0 Å². The third-order valence-corrected chi connectivity index (χ3v) is 6.62. The summed E-state index contributed by atoms with van der Waals surface area (Å²) >= 11 is 0. The van der Waals surface area contributed by atoms with Crippen molar-refractivity contribution in [1.82, 2.24) is 16.0 Å². The molecule has 0 rings (SSSR count). The van der Waals surface area contributed by atoms with Crippen LogP contribution in [0.4, 0.5) is 0 Å². The average Bonchev–Trinajstić information content (AvgIpc) is 2.83. The number of hydrogen-bond acceptors (Lipinski definition) is 7. The second kappa shape index (κ2) is 17.8. The molecule has 0 aliphatic heterocycles. The summed E-state index contributed by atoms with van der Waals surface area (Å²) in [6, 6.07) is -1.06. The van der Waals surface area contributed by atoms with Crippen molar-refractivity contribution in [2.75, 3.05) is 19.7 Å². The van der Waals surface area contributed by atoms with Gasteiger partial charge in [0.15, 0.2) is 0 Å². The van der Waals surface area contributed by atoms with E-state index < -0.39 is 40.7 Å². The predicted molar refractivity (Wildman–Crippen MR) is 153 cm³/mol. The number of ketones is 2. The molecule has 0 aliphatic rings. The minimum Gasteiger partial charge on any atom is -0.375 e. The van der Waals surface area contributed by atoms with Crippen LogP contribution in [-0.4, -0.2) is 66.5 Å². The Hall–Kier alpha value is -2.82. The molecule has 40 heavy (non-hydrogen) atoms. The van der Waals surface area contributed by atoms with E-state index in [0.717, 1.165) is 0 Å². The number of Topliss-reactive ketones (excluding diaryl/α,β-unsaturated/α-hetero) is 2. The Kier molecular flexibility index (Phi) is 16.5. The van der Waals surface area contributed by atoms with Gasteiger partial charge in [0.2, 0.25) is 23.6 Å². The lowest BCUT2D eigenvalue weighted by atomic mass is 9.87. The van der Waals surface area contributed by atoms with Gasteiger partial charge in [0.25, 0.3) is 0 Å². The van der Waals surface area contributed by atoms with E-state index in [-0.39, 0.29) is 55.8 Å². The van der Waals surface area contributed by atoms with Crippen LogP contribution in [0.2, 0.25) is 0 Å². The maximum atomic E-state index is 13.1. The molecule has 0 heterocycles. The third kappa shape index (κ3) is 16.3. The SMILES string of the molecule is CC(C)C(=O)CCCCNC(=O)CNC(=O)C(CCC(N)=O)NC(=O)C(C)(C)CCOC(C)(C)CC(=O)C(C)C. The van der Waals surface area contributed by atoms with E-state index in [1.54, 1.807) is 13.8 Å². The van der Waals surface area contributed by atoms with Gasteiger partial charge in [0, 0.05) is 49.7 Å². The van der Waals surface area contributed by atoms with E-state index in [0.29, 0.717) is 32.2 Å². The molecule has 0 spiro atoms. The lowest BCUT2D eigenvalue weighted by Gasteiger charge is -2.30. The van der Waals surface area contributed by atoms with Crippen LogP contribution in [0.25, 0.3) is 0 Å². The quantitative estimate of drug-likeness (QED) is 0.154. The van der Waals surface area contributed by atoms with Crippen molar-refractivity contribution in [1.29, 1.82) is 0 Å². The Morgan fingerprint density at radius 2 is 1.43 bits per heavy atom. The summed E-state index contributed by atoms with van der Waals surface area (Å²) in [5.41, 5.74) is 3.65. The number of unbranched alkanes of at least 4 members (excludes halogenated alkanes) is 1. The number of hydrogen-bond donors (Lipinski definition) is 4. The van der Waals surface area contributed by atoms with Crippen LogP contribution in [0.1, 0.15) is 100 Å². The molecule has 0 aromatic rings. The van der Waals surface area contributed by atoms with Crippen LogP contribution in [0.3, 0.4) is 0 Å². The minimum absolute atomic E-state index is 0.00892. The van der Waals surface area contributed by atoms with Gasteiger partial charge in [0.05, 0.1) is 12.1 Å². The predicted octanol–water partition coefficient (Wildman–Crippen LogP) is 2.19. The summed E-state index contributed by atoms with van der Waals surface area (Å²) in [4.78, 5) is 73.1. The van der Waals surface area contributed by atoms with Gasteiger partial charge in [0.1, 0.15) is 17.6 Å². The first-order valence-corrected chi connectivity index (χ1v) is 14.2. The van der Waals surface area contributed by atoms with Crippen molar-refractivity contribution in [2.24, 2.45) is 23.0 Å². The molecule has 1 atom stereocenters. The highest BCUT2D eigenvalue weighted by molar-refractivity contribution is 5.92. The number of ether oxygens (including phenoxy) is 1. The summed E-state index contributed by atoms with van der Waals surface area (Å²) in [5, 5.41) is 7.86. The summed E-state index contributed by atoms with van der Waals surface area (Å²) in [6.07, 6.45) is 2.21. The molecule has 5 N–H and O–H groups in total. The highest BCUT2D eigenvalue weighted by Gasteiger charge is 2.33. The smallest absolute Gasteiger partial charge is 0.243 e. The third-order valence-electron chi connectivity index (χ3n) is 6.62. The van der Waals surface area contributed by atoms with Crippen LogP contribution >= 0.6 is 0 Å². The number of rotatable bonds is 21. The first kappa shape index (κ1) is 37.2. The molecular formula is C29H52N4O7. The first-order chi connectivity index (χ1) is 18.4. The van der Waals surface area contributed by atoms with E-state index in [1.807, 2.05) is 41.5 Å². The number of carbonyl (C=O) groups excluding carboxylic acids is 6. The molecule has 0 aromatic carbocycles. The lowest BCUT2D eigenvalue weighted by molar-refractivity contribution is -0.137. The van der Waals surface area contributed by atoms with Gasteiger partial charge in [-0.05, 0) is 39.5 Å². The van der Waals surface area contributed by atoms with Gasteiger partial charge in [-0.1, -0.05) is 41.5 Å². The van der Waals surface area contributed by atoms with Crippen molar-refractivity contribution >= 4 is 35.2 Å². The normalized spacial score (nSPS) is 12.7. The summed E-state index contributed by atoms with van der Waals surface area (Å²) in [7, 11) is 0. The van der Waals surface area contributed by atoms with Crippen LogP contribution < -0.4 is 21.7 Å². The number of nitrogens with two attached hydrogens (primary N) is 1. The largest absolute Gasteiger partial charge is 0.375 e. The fourth-order valence-electron chi connectivity index (χ4n) is 3.57. The van der Waals surface area contributed by atoms with Crippen molar-refractivity contribution in [2.45, 2.75) is 112 Å². The Morgan fingerprint density at radius 1 is 0.825 bits per heavy atom. The van der Waals surface area contributed by atoms with E-state index in [9.17, 15) is 28.8 Å². The molecule has 11 heteroatoms. The van der Waals surface area contributed by atoms with Gasteiger partial charge in [-0.2, -0.15) is 0 Å². The van der Waals surface area contributed by atoms with Crippen molar-refractivity contribution < 1.29 is 33.5 Å². The molecule has 0 fully saturated rings. The monoisotopic (exact) mass is 568 g/mol. The summed E-state index contributed by atoms with van der Waals surface area (Å²) in [5.74, 6) is -1.87. The van der Waals surface area contributed by atoms with Crippen LogP contribution in [0.5, 0.6) is 0 Å². The van der Waals surface area contributed by atoms with E-state index in [4.69, 9.17) is 10.5 Å². The van der Waals surface area contributed by atoms with Gasteiger partial charge in [-0.15, -0.1) is 0 Å². The standard InChI is InChI=1S/C29H52N4O7/c1-19(2)22(34)11-9-10-15-31-25(37)18-32-26(38)21(12-13-24(30)36)33-27(39)28(5,6)14-16-40-29(7,8)17-23(35)20(3)4/h19-21H,9-18H2,1-8H3,(H2,30,36)(H,31,37)(H,32,38)(H,33,39). The zero-order valence-electron chi connectivity index (χ0n) is 25.7. The molecule has 0 radical (unpaired) electrons. The first-order valence-electron chi connectivity index (χ1n) is 14.2. The molecular weight excluding hydrogens is 516 g/mol. The molecule has 4 amide bonds. The van der Waals surface area contributed by atoms with Crippen LogP contribution in [0, 0.1) is 17.3 Å². The zero-order chi connectivity index (χ0) is 31.1. The molecule has 1 unspecified atom stereocenters. The maximum absolute atomic E-state index is 13.1. The fourth-order valence-corrected chi connectivity index (χ4v) is 3.57. The van der Waals surface area contributed by atoms with Crippen molar-refractivity contribution in [3.63, 3.8) is 0 Å². The molecule has 0 saturated heterocycles. The highest BCUT2D eigenvalue weighted by atomic mass is 16.5. The number of amides is 4. The Morgan fingerprint density at radius 3 is 1.98 bits per heavy atom. The molecule has 0 bridgehead atoms. The fraction of sp³-hybridized carbons (Fsp3) is 0.793. The topological polar surface area (TPSA) is 174 Å². The van der Waals surface area contributed by atoms with Crippen LogP contribution in [0.15, 0.2) is 0 Å². The number of primary amides is 1. The minimum atomic E-state index is -1.06. The van der Waals surface area contributed by atoms with Crippen molar-refractivity contribution in [3.05, 3.63) is 0 Å². The Balaban J connectivity index is 4.85. The second-order valence-corrected chi connectivity index (χ2v) is 12.2. The lowest BCUT2D eigenvalue weighted by Crippen LogP contribution is -2.52. The highest BCUT2D eigenvalue weighted by Crippen LogP contribution is 2.24. The Bertz CT molecular complexity index is 882. The molecule has 0 saturated carbocycles. The van der Waals surface area contributed by atoms with Crippen LogP contribution in [-0.2, 0) is 33.5 Å². The second-order valence-electron chi connectivity index (χ2n) is 12.2.